The summed E-state index contributed by atoms with van der Waals surface area (Å²) in [6.07, 6.45) is 0. The average molecular weight is 434 g/mol. The van der Waals surface area contributed by atoms with Gasteiger partial charge < -0.3 is 5.32 Å². The Labute approximate surface area is 158 Å². The maximum atomic E-state index is 13.2. The number of aromatic nitrogens is 1. The molecule has 0 atom stereocenters. The lowest BCUT2D eigenvalue weighted by Crippen LogP contribution is -2.37. The van der Waals surface area contributed by atoms with Crippen LogP contribution in [0.15, 0.2) is 40.9 Å². The van der Waals surface area contributed by atoms with E-state index in [1.807, 2.05) is 0 Å². The Morgan fingerprint density at radius 2 is 1.92 bits per heavy atom. The van der Waals surface area contributed by atoms with Crippen LogP contribution in [0.1, 0.15) is 20.7 Å². The monoisotopic (exact) mass is 433 g/mol. The smallest absolute Gasteiger partial charge is 0.262 e. The molecule has 3 aromatic rings. The van der Waals surface area contributed by atoms with Crippen molar-refractivity contribution >= 4 is 60.3 Å². The number of carbonyl (C=O) groups is 3. The number of rotatable bonds is 3. The van der Waals surface area contributed by atoms with Crippen molar-refractivity contribution in [2.75, 3.05) is 11.9 Å². The van der Waals surface area contributed by atoms with Crippen molar-refractivity contribution < 1.29 is 18.8 Å². The molecule has 9 heteroatoms. The van der Waals surface area contributed by atoms with E-state index in [2.05, 4.69) is 26.2 Å². The Morgan fingerprint density at radius 1 is 1.15 bits per heavy atom. The minimum Gasteiger partial charge on any atom is -0.300 e. The topological polar surface area (TPSA) is 79.4 Å². The number of thiazole rings is 1. The molecule has 6 nitrogen and oxygen atoms in total. The number of benzene rings is 2. The standard InChI is InChI=1S/C17H9BrFN3O3S/c18-8-1-3-10-11(5-8)16(25)22(15(10)24)7-14(23)21-17-20-12-4-2-9(19)6-13(12)26-17/h1-6H,7H2,(H,20,21,23). The van der Waals surface area contributed by atoms with Crippen molar-refractivity contribution in [3.05, 3.63) is 57.8 Å². The van der Waals surface area contributed by atoms with Gasteiger partial charge in [-0.05, 0) is 36.4 Å². The summed E-state index contributed by atoms with van der Waals surface area (Å²) in [6.45, 7) is -0.422. The molecular weight excluding hydrogens is 425 g/mol. The first kappa shape index (κ1) is 16.8. The zero-order chi connectivity index (χ0) is 18.4. The van der Waals surface area contributed by atoms with E-state index >= 15 is 0 Å². The summed E-state index contributed by atoms with van der Waals surface area (Å²) in [4.78, 5) is 42.0. The van der Waals surface area contributed by atoms with Crippen LogP contribution in [-0.4, -0.2) is 34.2 Å². The van der Waals surface area contributed by atoms with E-state index in [4.69, 9.17) is 0 Å². The molecule has 0 unspecified atom stereocenters. The van der Waals surface area contributed by atoms with Gasteiger partial charge in [-0.1, -0.05) is 27.3 Å². The van der Waals surface area contributed by atoms with Gasteiger partial charge in [0.2, 0.25) is 5.91 Å². The highest BCUT2D eigenvalue weighted by atomic mass is 79.9. The maximum Gasteiger partial charge on any atom is 0.262 e. The molecule has 0 saturated carbocycles. The van der Waals surface area contributed by atoms with Crippen LogP contribution in [0.3, 0.4) is 0 Å². The van der Waals surface area contributed by atoms with Gasteiger partial charge in [-0.15, -0.1) is 0 Å². The van der Waals surface area contributed by atoms with Gasteiger partial charge in [0.1, 0.15) is 12.4 Å². The molecular formula is C17H9BrFN3O3S. The first-order valence-corrected chi connectivity index (χ1v) is 9.05. The molecule has 2 heterocycles. The van der Waals surface area contributed by atoms with E-state index in [-0.39, 0.29) is 16.3 Å². The number of imide groups is 1. The third kappa shape index (κ3) is 2.89. The zero-order valence-electron chi connectivity index (χ0n) is 13.0. The molecule has 1 N–H and O–H groups in total. The number of fused-ring (bicyclic) bond motifs is 2. The highest BCUT2D eigenvalue weighted by molar-refractivity contribution is 9.10. The quantitative estimate of drug-likeness (QED) is 0.641. The van der Waals surface area contributed by atoms with Crippen molar-refractivity contribution in [2.24, 2.45) is 0 Å². The third-order valence-electron chi connectivity index (χ3n) is 3.83. The van der Waals surface area contributed by atoms with Gasteiger partial charge in [-0.2, -0.15) is 0 Å². The van der Waals surface area contributed by atoms with Gasteiger partial charge in [-0.25, -0.2) is 9.37 Å². The fraction of sp³-hybridized carbons (Fsp3) is 0.0588. The van der Waals surface area contributed by atoms with Gasteiger partial charge in [0.05, 0.1) is 21.3 Å². The van der Waals surface area contributed by atoms with Crippen molar-refractivity contribution in [1.82, 2.24) is 9.88 Å². The summed E-state index contributed by atoms with van der Waals surface area (Å²) in [5.74, 6) is -1.99. The summed E-state index contributed by atoms with van der Waals surface area (Å²) in [5.41, 5.74) is 1.08. The normalized spacial score (nSPS) is 13.4. The van der Waals surface area contributed by atoms with E-state index in [0.717, 1.165) is 16.2 Å². The molecule has 130 valence electrons. The molecule has 1 aromatic heterocycles. The van der Waals surface area contributed by atoms with Crippen molar-refractivity contribution in [3.8, 4) is 0 Å². The molecule has 0 fully saturated rings. The van der Waals surface area contributed by atoms with E-state index in [1.165, 1.54) is 18.2 Å². The second-order valence-corrected chi connectivity index (χ2v) is 7.51. The lowest BCUT2D eigenvalue weighted by Gasteiger charge is -2.12. The summed E-state index contributed by atoms with van der Waals surface area (Å²) >= 11 is 4.37. The fourth-order valence-electron chi connectivity index (χ4n) is 2.66. The number of hydrogen-bond donors (Lipinski definition) is 1. The highest BCUT2D eigenvalue weighted by Crippen LogP contribution is 2.28. The predicted octanol–water partition coefficient (Wildman–Crippen LogP) is 3.43. The second kappa shape index (κ2) is 6.26. The molecule has 26 heavy (non-hydrogen) atoms. The Kier molecular flexibility index (Phi) is 4.04. The Hall–Kier alpha value is -2.65. The molecule has 0 spiro atoms. The maximum absolute atomic E-state index is 13.2. The number of nitrogens with one attached hydrogen (secondary N) is 1. The molecule has 0 aliphatic carbocycles. The van der Waals surface area contributed by atoms with E-state index in [1.54, 1.807) is 18.2 Å². The van der Waals surface area contributed by atoms with Gasteiger partial charge in [0.15, 0.2) is 5.13 Å². The van der Waals surface area contributed by atoms with Crippen LogP contribution in [0.5, 0.6) is 0 Å². The van der Waals surface area contributed by atoms with E-state index in [9.17, 15) is 18.8 Å². The van der Waals surface area contributed by atoms with Crippen LogP contribution in [0.25, 0.3) is 10.2 Å². The van der Waals surface area contributed by atoms with Crippen LogP contribution in [-0.2, 0) is 4.79 Å². The van der Waals surface area contributed by atoms with Crippen LogP contribution in [0.2, 0.25) is 0 Å². The first-order valence-electron chi connectivity index (χ1n) is 7.44. The molecule has 1 aliphatic rings. The number of amides is 3. The number of nitrogens with zero attached hydrogens (tertiary/aromatic N) is 2. The van der Waals surface area contributed by atoms with Crippen molar-refractivity contribution in [3.63, 3.8) is 0 Å². The van der Waals surface area contributed by atoms with Gasteiger partial charge >= 0.3 is 0 Å². The van der Waals surface area contributed by atoms with Crippen LogP contribution in [0.4, 0.5) is 9.52 Å². The number of anilines is 1. The number of carbonyl (C=O) groups excluding carboxylic acids is 3. The molecule has 1 aliphatic heterocycles. The van der Waals surface area contributed by atoms with Crippen molar-refractivity contribution in [2.45, 2.75) is 0 Å². The molecule has 0 saturated heterocycles. The van der Waals surface area contributed by atoms with Gasteiger partial charge in [0.25, 0.3) is 11.8 Å². The summed E-state index contributed by atoms with van der Waals surface area (Å²) in [6, 6.07) is 8.87. The minimum absolute atomic E-state index is 0.257. The Bertz CT molecular complexity index is 1100. The second-order valence-electron chi connectivity index (χ2n) is 5.57. The largest absolute Gasteiger partial charge is 0.300 e. The zero-order valence-corrected chi connectivity index (χ0v) is 15.4. The summed E-state index contributed by atoms with van der Waals surface area (Å²) in [5, 5.41) is 2.82. The lowest BCUT2D eigenvalue weighted by molar-refractivity contribution is -0.116. The molecule has 2 aromatic carbocycles. The number of hydrogen-bond acceptors (Lipinski definition) is 5. The van der Waals surface area contributed by atoms with E-state index in [0.29, 0.717) is 14.7 Å². The third-order valence-corrected chi connectivity index (χ3v) is 5.26. The van der Waals surface area contributed by atoms with Crippen LogP contribution < -0.4 is 5.32 Å². The lowest BCUT2D eigenvalue weighted by atomic mass is 10.1. The molecule has 0 radical (unpaired) electrons. The average Bonchev–Trinajstić information content (AvgIpc) is 3.08. The molecule has 0 bridgehead atoms. The van der Waals surface area contributed by atoms with Crippen LogP contribution in [0, 0.1) is 5.82 Å². The SMILES string of the molecule is O=C(CN1C(=O)c2ccc(Br)cc2C1=O)Nc1nc2ccc(F)cc2s1. The van der Waals surface area contributed by atoms with Crippen molar-refractivity contribution in [1.29, 1.82) is 0 Å². The molecule has 4 rings (SSSR count). The van der Waals surface area contributed by atoms with E-state index < -0.39 is 30.1 Å². The molecule has 3 amide bonds. The Morgan fingerprint density at radius 3 is 2.73 bits per heavy atom. The minimum atomic E-state index is -0.557. The van der Waals surface area contributed by atoms with Gasteiger partial charge in [0, 0.05) is 4.47 Å². The van der Waals surface area contributed by atoms with Crippen LogP contribution >= 0.6 is 27.3 Å². The summed E-state index contributed by atoms with van der Waals surface area (Å²) < 4.78 is 14.5. The fourth-order valence-corrected chi connectivity index (χ4v) is 3.93. The number of halogens is 2. The first-order chi connectivity index (χ1) is 12.4. The Balaban J connectivity index is 1.51. The predicted molar refractivity (Wildman–Crippen MR) is 97.7 cm³/mol. The summed E-state index contributed by atoms with van der Waals surface area (Å²) in [7, 11) is 0. The van der Waals surface area contributed by atoms with Gasteiger partial charge in [-0.3, -0.25) is 19.3 Å². The highest BCUT2D eigenvalue weighted by Gasteiger charge is 2.36.